The third-order valence-corrected chi connectivity index (χ3v) is 3.28. The molecule has 0 saturated carbocycles. The predicted octanol–water partition coefficient (Wildman–Crippen LogP) is 3.46. The molecule has 0 aromatic carbocycles. The predicted molar refractivity (Wildman–Crippen MR) is 71.0 cm³/mol. The zero-order valence-electron chi connectivity index (χ0n) is 10.5. The summed E-state index contributed by atoms with van der Waals surface area (Å²) in [4.78, 5) is 0. The Morgan fingerprint density at radius 2 is 2.12 bits per heavy atom. The molecule has 0 fully saturated rings. The molecule has 1 unspecified atom stereocenters. The Morgan fingerprint density at radius 1 is 1.31 bits per heavy atom. The van der Waals surface area contributed by atoms with Crippen molar-refractivity contribution in [3.63, 3.8) is 0 Å². The van der Waals surface area contributed by atoms with E-state index >= 15 is 0 Å². The zero-order valence-corrected chi connectivity index (χ0v) is 11.3. The van der Waals surface area contributed by atoms with E-state index < -0.39 is 0 Å². The second-order valence-electron chi connectivity index (χ2n) is 4.53. The summed E-state index contributed by atoms with van der Waals surface area (Å²) in [6, 6.07) is 2.60. The summed E-state index contributed by atoms with van der Waals surface area (Å²) in [6.07, 6.45) is 1.15. The van der Waals surface area contributed by atoms with Crippen LogP contribution in [0.1, 0.15) is 38.8 Å². The van der Waals surface area contributed by atoms with Crippen LogP contribution in [-0.4, -0.2) is 19.8 Å². The normalized spacial score (nSPS) is 13.2. The quantitative estimate of drug-likeness (QED) is 0.704. The van der Waals surface area contributed by atoms with Crippen LogP contribution in [0.5, 0.6) is 0 Å². The van der Waals surface area contributed by atoms with Gasteiger partial charge in [0.2, 0.25) is 0 Å². The molecule has 1 aromatic rings. The van der Waals surface area contributed by atoms with E-state index in [-0.39, 0.29) is 0 Å². The first kappa shape index (κ1) is 13.7. The van der Waals surface area contributed by atoms with Gasteiger partial charge in [-0.2, -0.15) is 11.3 Å². The summed E-state index contributed by atoms with van der Waals surface area (Å²) < 4.78 is 5.55. The van der Waals surface area contributed by atoms with Gasteiger partial charge in [0.25, 0.3) is 0 Å². The van der Waals surface area contributed by atoms with Crippen molar-refractivity contribution < 1.29 is 4.74 Å². The molecule has 0 aliphatic carbocycles. The summed E-state index contributed by atoms with van der Waals surface area (Å²) in [5.41, 5.74) is 1.37. The lowest BCUT2D eigenvalue weighted by Gasteiger charge is -2.12. The Labute approximate surface area is 103 Å². The Kier molecular flexibility index (Phi) is 6.69. The van der Waals surface area contributed by atoms with E-state index in [1.165, 1.54) is 5.56 Å². The lowest BCUT2D eigenvalue weighted by atomic mass is 10.1. The molecule has 1 N–H and O–H groups in total. The highest BCUT2D eigenvalue weighted by atomic mass is 32.1. The van der Waals surface area contributed by atoms with Crippen molar-refractivity contribution in [2.45, 2.75) is 33.2 Å². The van der Waals surface area contributed by atoms with E-state index in [9.17, 15) is 0 Å². The lowest BCUT2D eigenvalue weighted by Crippen LogP contribution is -2.23. The van der Waals surface area contributed by atoms with Crippen molar-refractivity contribution in [3.05, 3.63) is 22.4 Å². The van der Waals surface area contributed by atoms with Gasteiger partial charge in [-0.3, -0.25) is 0 Å². The van der Waals surface area contributed by atoms with E-state index in [2.05, 4.69) is 42.9 Å². The Hall–Kier alpha value is -0.380. The van der Waals surface area contributed by atoms with Crippen molar-refractivity contribution in [1.82, 2.24) is 5.32 Å². The summed E-state index contributed by atoms with van der Waals surface area (Å²) in [7, 11) is 0. The van der Waals surface area contributed by atoms with Gasteiger partial charge in [-0.1, -0.05) is 13.8 Å². The van der Waals surface area contributed by atoms with Crippen LogP contribution >= 0.6 is 11.3 Å². The molecule has 1 rings (SSSR count). The van der Waals surface area contributed by atoms with E-state index in [1.807, 2.05) is 0 Å². The van der Waals surface area contributed by atoms with Crippen LogP contribution in [0.15, 0.2) is 16.8 Å². The molecule has 0 radical (unpaired) electrons. The molecule has 16 heavy (non-hydrogen) atoms. The highest BCUT2D eigenvalue weighted by Crippen LogP contribution is 2.14. The lowest BCUT2D eigenvalue weighted by molar-refractivity contribution is 0.123. The van der Waals surface area contributed by atoms with Crippen LogP contribution in [-0.2, 0) is 4.74 Å². The SMILES string of the molecule is CC(C)CCOCCNC(C)c1ccsc1. The number of ether oxygens (including phenoxy) is 1. The maximum atomic E-state index is 5.55. The van der Waals surface area contributed by atoms with Gasteiger partial charge in [0, 0.05) is 19.2 Å². The monoisotopic (exact) mass is 241 g/mol. The van der Waals surface area contributed by atoms with Gasteiger partial charge < -0.3 is 10.1 Å². The minimum atomic E-state index is 0.431. The fraction of sp³-hybridized carbons (Fsp3) is 0.692. The van der Waals surface area contributed by atoms with Gasteiger partial charge in [-0.15, -0.1) is 0 Å². The largest absolute Gasteiger partial charge is 0.380 e. The standard InChI is InChI=1S/C13H23NOS/c1-11(2)4-7-15-8-6-14-12(3)13-5-9-16-10-13/h5,9-12,14H,4,6-8H2,1-3H3. The van der Waals surface area contributed by atoms with E-state index in [1.54, 1.807) is 11.3 Å². The third kappa shape index (κ3) is 5.64. The molecule has 0 bridgehead atoms. The maximum Gasteiger partial charge on any atom is 0.0591 e. The zero-order chi connectivity index (χ0) is 11.8. The first-order valence-electron chi connectivity index (χ1n) is 6.03. The maximum absolute atomic E-state index is 5.55. The van der Waals surface area contributed by atoms with Crippen molar-refractivity contribution >= 4 is 11.3 Å². The van der Waals surface area contributed by atoms with Gasteiger partial charge >= 0.3 is 0 Å². The van der Waals surface area contributed by atoms with Gasteiger partial charge in [0.15, 0.2) is 0 Å². The average molecular weight is 241 g/mol. The van der Waals surface area contributed by atoms with Crippen molar-refractivity contribution in [2.75, 3.05) is 19.8 Å². The van der Waals surface area contributed by atoms with E-state index in [0.29, 0.717) is 6.04 Å². The third-order valence-electron chi connectivity index (χ3n) is 2.58. The molecule has 2 nitrogen and oxygen atoms in total. The van der Waals surface area contributed by atoms with Crippen LogP contribution in [0, 0.1) is 5.92 Å². The minimum absolute atomic E-state index is 0.431. The Morgan fingerprint density at radius 3 is 2.75 bits per heavy atom. The molecule has 3 heteroatoms. The highest BCUT2D eigenvalue weighted by Gasteiger charge is 2.03. The molecule has 1 heterocycles. The Balaban J connectivity index is 1.99. The first-order chi connectivity index (χ1) is 7.70. The van der Waals surface area contributed by atoms with Gasteiger partial charge in [-0.25, -0.2) is 0 Å². The molecule has 1 aromatic heterocycles. The number of hydrogen-bond donors (Lipinski definition) is 1. The van der Waals surface area contributed by atoms with Crippen molar-refractivity contribution in [2.24, 2.45) is 5.92 Å². The smallest absolute Gasteiger partial charge is 0.0591 e. The van der Waals surface area contributed by atoms with Crippen molar-refractivity contribution in [1.29, 1.82) is 0 Å². The second kappa shape index (κ2) is 7.82. The molecule has 92 valence electrons. The van der Waals surface area contributed by atoms with Crippen LogP contribution in [0.4, 0.5) is 0 Å². The molecule has 0 aliphatic heterocycles. The Bertz CT molecular complexity index is 259. The summed E-state index contributed by atoms with van der Waals surface area (Å²) >= 11 is 1.75. The topological polar surface area (TPSA) is 21.3 Å². The highest BCUT2D eigenvalue weighted by molar-refractivity contribution is 7.07. The second-order valence-corrected chi connectivity index (χ2v) is 5.31. The van der Waals surface area contributed by atoms with Crippen LogP contribution < -0.4 is 5.32 Å². The molecule has 0 amide bonds. The van der Waals surface area contributed by atoms with E-state index in [4.69, 9.17) is 4.74 Å². The minimum Gasteiger partial charge on any atom is -0.380 e. The first-order valence-corrected chi connectivity index (χ1v) is 6.97. The fourth-order valence-corrected chi connectivity index (χ4v) is 2.16. The van der Waals surface area contributed by atoms with Crippen LogP contribution in [0.25, 0.3) is 0 Å². The average Bonchev–Trinajstić information content (AvgIpc) is 2.75. The number of rotatable bonds is 8. The molecule has 0 aliphatic rings. The number of nitrogens with one attached hydrogen (secondary N) is 1. The van der Waals surface area contributed by atoms with Gasteiger partial charge in [-0.05, 0) is 41.7 Å². The summed E-state index contributed by atoms with van der Waals surface area (Å²) in [5, 5.41) is 7.76. The molecule has 0 spiro atoms. The van der Waals surface area contributed by atoms with Gasteiger partial charge in [0.1, 0.15) is 0 Å². The van der Waals surface area contributed by atoms with Gasteiger partial charge in [0.05, 0.1) is 6.61 Å². The fourth-order valence-electron chi connectivity index (χ4n) is 1.41. The summed E-state index contributed by atoms with van der Waals surface area (Å²) in [5.74, 6) is 0.734. The molecular formula is C13H23NOS. The van der Waals surface area contributed by atoms with Crippen molar-refractivity contribution in [3.8, 4) is 0 Å². The summed E-state index contributed by atoms with van der Waals surface area (Å²) in [6.45, 7) is 9.25. The van der Waals surface area contributed by atoms with Crippen LogP contribution in [0.2, 0.25) is 0 Å². The number of hydrogen-bond acceptors (Lipinski definition) is 3. The van der Waals surface area contributed by atoms with E-state index in [0.717, 1.165) is 32.1 Å². The molecular weight excluding hydrogens is 218 g/mol. The molecule has 1 atom stereocenters. The van der Waals surface area contributed by atoms with Crippen LogP contribution in [0.3, 0.4) is 0 Å². The molecule has 0 saturated heterocycles. The number of thiophene rings is 1.